The van der Waals surface area contributed by atoms with Gasteiger partial charge in [0.15, 0.2) is 0 Å². The number of likely N-dealkylation sites (tertiary alicyclic amines) is 1. The third-order valence-electron chi connectivity index (χ3n) is 5.52. The lowest BCUT2D eigenvalue weighted by Crippen LogP contribution is -2.29. The molecule has 1 amide bonds. The van der Waals surface area contributed by atoms with Gasteiger partial charge in [0, 0.05) is 24.5 Å². The van der Waals surface area contributed by atoms with Crippen LogP contribution in [0.5, 0.6) is 5.75 Å². The van der Waals surface area contributed by atoms with Gasteiger partial charge in [-0.3, -0.25) is 14.6 Å². The van der Waals surface area contributed by atoms with E-state index in [2.05, 4.69) is 4.98 Å². The molecule has 2 aromatic carbocycles. The topological polar surface area (TPSA) is 79.7 Å². The van der Waals surface area contributed by atoms with Crippen LogP contribution in [0.4, 0.5) is 4.39 Å². The number of benzene rings is 2. The molecule has 1 saturated heterocycles. The summed E-state index contributed by atoms with van der Waals surface area (Å²) in [6.45, 7) is 1.91. The highest BCUT2D eigenvalue weighted by Crippen LogP contribution is 2.41. The van der Waals surface area contributed by atoms with Gasteiger partial charge in [-0.2, -0.15) is 0 Å². The lowest BCUT2D eigenvalue weighted by Gasteiger charge is -2.25. The molecular formula is C25H21FN2O4. The van der Waals surface area contributed by atoms with Crippen molar-refractivity contribution in [2.24, 2.45) is 0 Å². The second-order valence-electron chi connectivity index (χ2n) is 7.51. The van der Waals surface area contributed by atoms with Crippen LogP contribution in [0.25, 0.3) is 5.76 Å². The van der Waals surface area contributed by atoms with E-state index >= 15 is 0 Å². The minimum Gasteiger partial charge on any atom is -0.507 e. The number of aromatic nitrogens is 1. The van der Waals surface area contributed by atoms with Crippen LogP contribution in [0.2, 0.25) is 0 Å². The molecule has 2 heterocycles. The molecule has 1 fully saturated rings. The number of nitrogens with zero attached hydrogens (tertiary/aromatic N) is 2. The Hall–Kier alpha value is -4.00. The largest absolute Gasteiger partial charge is 0.507 e. The van der Waals surface area contributed by atoms with Gasteiger partial charge in [0.25, 0.3) is 11.7 Å². The zero-order chi connectivity index (χ0) is 22.8. The van der Waals surface area contributed by atoms with E-state index in [-0.39, 0.29) is 17.9 Å². The normalized spacial score (nSPS) is 17.6. The van der Waals surface area contributed by atoms with Crippen molar-refractivity contribution < 1.29 is 23.8 Å². The summed E-state index contributed by atoms with van der Waals surface area (Å²) in [4.78, 5) is 31.5. The number of Topliss-reactive ketones (excluding diaryl/α,β-unsaturated/α-hetero) is 1. The number of rotatable bonds is 5. The SMILES string of the molecule is COc1ccc(/C(O)=C2/C(=O)C(=O)N(Cc3ccncc3)C2c2ccc(F)cc2)c(C)c1. The molecule has 6 nitrogen and oxygen atoms in total. The lowest BCUT2D eigenvalue weighted by atomic mass is 9.93. The maximum absolute atomic E-state index is 13.6. The molecule has 3 aromatic rings. The molecule has 0 spiro atoms. The van der Waals surface area contributed by atoms with Crippen LogP contribution in [0.15, 0.2) is 72.6 Å². The van der Waals surface area contributed by atoms with Gasteiger partial charge in [0.2, 0.25) is 0 Å². The highest BCUT2D eigenvalue weighted by atomic mass is 19.1. The number of aliphatic hydroxyl groups excluding tert-OH is 1. The second-order valence-corrected chi connectivity index (χ2v) is 7.51. The smallest absolute Gasteiger partial charge is 0.295 e. The van der Waals surface area contributed by atoms with Crippen molar-refractivity contribution in [1.29, 1.82) is 0 Å². The third kappa shape index (κ3) is 3.85. The average Bonchev–Trinajstić information content (AvgIpc) is 3.04. The number of ether oxygens (including phenoxy) is 1. The number of halogens is 1. The van der Waals surface area contributed by atoms with E-state index in [1.54, 1.807) is 49.6 Å². The predicted molar refractivity (Wildman–Crippen MR) is 116 cm³/mol. The number of aryl methyl sites for hydroxylation is 1. The first-order valence-corrected chi connectivity index (χ1v) is 9.98. The number of pyridine rings is 1. The molecule has 1 aliphatic heterocycles. The Kier molecular flexibility index (Phi) is 5.73. The van der Waals surface area contributed by atoms with E-state index < -0.39 is 23.5 Å². The van der Waals surface area contributed by atoms with Crippen LogP contribution in [0.1, 0.15) is 28.3 Å². The Balaban J connectivity index is 1.87. The summed E-state index contributed by atoms with van der Waals surface area (Å²) in [5.74, 6) is -1.64. The number of methoxy groups -OCH3 is 1. The molecule has 0 saturated carbocycles. The fraction of sp³-hybridized carbons (Fsp3) is 0.160. The molecule has 4 rings (SSSR count). The van der Waals surface area contributed by atoms with Crippen LogP contribution in [-0.2, 0) is 16.1 Å². The molecule has 1 aromatic heterocycles. The Morgan fingerprint density at radius 3 is 2.41 bits per heavy atom. The molecule has 1 atom stereocenters. The first kappa shape index (κ1) is 21.2. The monoisotopic (exact) mass is 432 g/mol. The zero-order valence-corrected chi connectivity index (χ0v) is 17.6. The van der Waals surface area contributed by atoms with E-state index in [9.17, 15) is 19.1 Å². The first-order chi connectivity index (χ1) is 15.4. The summed E-state index contributed by atoms with van der Waals surface area (Å²) in [5, 5.41) is 11.2. The lowest BCUT2D eigenvalue weighted by molar-refractivity contribution is -0.140. The van der Waals surface area contributed by atoms with Crippen LogP contribution in [0, 0.1) is 12.7 Å². The second kappa shape index (κ2) is 8.63. The third-order valence-corrected chi connectivity index (χ3v) is 5.52. The van der Waals surface area contributed by atoms with Gasteiger partial charge >= 0.3 is 0 Å². The number of ketones is 1. The summed E-state index contributed by atoms with van der Waals surface area (Å²) in [5.41, 5.74) is 2.35. The number of carbonyl (C=O) groups is 2. The number of carbonyl (C=O) groups excluding carboxylic acids is 2. The maximum Gasteiger partial charge on any atom is 0.295 e. The van der Waals surface area contributed by atoms with Gasteiger partial charge in [-0.25, -0.2) is 4.39 Å². The van der Waals surface area contributed by atoms with Crippen LogP contribution < -0.4 is 4.74 Å². The van der Waals surface area contributed by atoms with E-state index in [0.717, 1.165) is 5.56 Å². The highest BCUT2D eigenvalue weighted by Gasteiger charge is 2.46. The molecule has 32 heavy (non-hydrogen) atoms. The Labute approximate surface area is 184 Å². The van der Waals surface area contributed by atoms with Crippen molar-refractivity contribution in [3.8, 4) is 5.75 Å². The van der Waals surface area contributed by atoms with E-state index in [1.165, 1.54) is 36.3 Å². The Morgan fingerprint density at radius 2 is 1.78 bits per heavy atom. The minimum absolute atomic E-state index is 0.0380. The van der Waals surface area contributed by atoms with E-state index in [0.29, 0.717) is 22.4 Å². The first-order valence-electron chi connectivity index (χ1n) is 9.98. The number of amides is 1. The average molecular weight is 432 g/mol. The molecule has 1 N–H and O–H groups in total. The fourth-order valence-electron chi connectivity index (χ4n) is 3.89. The summed E-state index contributed by atoms with van der Waals surface area (Å²) in [7, 11) is 1.54. The minimum atomic E-state index is -0.870. The van der Waals surface area contributed by atoms with Crippen LogP contribution in [-0.4, -0.2) is 33.8 Å². The summed E-state index contributed by atoms with van der Waals surface area (Å²) < 4.78 is 18.8. The van der Waals surface area contributed by atoms with Gasteiger partial charge in [-0.15, -0.1) is 0 Å². The quantitative estimate of drug-likeness (QED) is 0.372. The number of hydrogen-bond acceptors (Lipinski definition) is 5. The van der Waals surface area contributed by atoms with Crippen molar-refractivity contribution in [1.82, 2.24) is 9.88 Å². The molecule has 0 bridgehead atoms. The molecule has 1 aliphatic rings. The predicted octanol–water partition coefficient (Wildman–Crippen LogP) is 4.16. The highest BCUT2D eigenvalue weighted by molar-refractivity contribution is 6.46. The Bertz CT molecular complexity index is 1210. The number of hydrogen-bond donors (Lipinski definition) is 1. The van der Waals surface area contributed by atoms with Crippen LogP contribution in [0.3, 0.4) is 0 Å². The molecule has 162 valence electrons. The molecule has 7 heteroatoms. The van der Waals surface area contributed by atoms with Gasteiger partial charge < -0.3 is 14.7 Å². The Morgan fingerprint density at radius 1 is 1.09 bits per heavy atom. The van der Waals surface area contributed by atoms with Crippen molar-refractivity contribution in [2.45, 2.75) is 19.5 Å². The molecule has 0 radical (unpaired) electrons. The zero-order valence-electron chi connectivity index (χ0n) is 17.6. The van der Waals surface area contributed by atoms with Crippen LogP contribution >= 0.6 is 0 Å². The molecular weight excluding hydrogens is 411 g/mol. The fourth-order valence-corrected chi connectivity index (χ4v) is 3.89. The van der Waals surface area contributed by atoms with Crippen molar-refractivity contribution in [3.05, 3.63) is 101 Å². The standard InChI is InChI=1S/C25H21FN2O4/c1-15-13-19(32-2)7-8-20(15)23(29)21-22(17-3-5-18(26)6-4-17)28(25(31)24(21)30)14-16-9-11-27-12-10-16/h3-13,22,29H,14H2,1-2H3/b23-21-. The van der Waals surface area contributed by atoms with Crippen molar-refractivity contribution in [3.63, 3.8) is 0 Å². The van der Waals surface area contributed by atoms with Gasteiger partial charge in [-0.05, 0) is 66.1 Å². The number of aliphatic hydroxyl groups is 1. The van der Waals surface area contributed by atoms with E-state index in [1.807, 2.05) is 0 Å². The van der Waals surface area contributed by atoms with Gasteiger partial charge in [0.1, 0.15) is 17.3 Å². The van der Waals surface area contributed by atoms with Gasteiger partial charge in [-0.1, -0.05) is 12.1 Å². The van der Waals surface area contributed by atoms with E-state index in [4.69, 9.17) is 4.74 Å². The molecule has 1 unspecified atom stereocenters. The molecule has 0 aliphatic carbocycles. The van der Waals surface area contributed by atoms with Gasteiger partial charge in [0.05, 0.1) is 18.7 Å². The van der Waals surface area contributed by atoms with Crippen molar-refractivity contribution >= 4 is 17.4 Å². The summed E-state index contributed by atoms with van der Waals surface area (Å²) in [6, 6.07) is 13.2. The summed E-state index contributed by atoms with van der Waals surface area (Å²) >= 11 is 0. The van der Waals surface area contributed by atoms with Crippen molar-refractivity contribution in [2.75, 3.05) is 7.11 Å². The summed E-state index contributed by atoms with van der Waals surface area (Å²) in [6.07, 6.45) is 3.19. The maximum atomic E-state index is 13.6.